The van der Waals surface area contributed by atoms with E-state index in [1.807, 2.05) is 0 Å². The van der Waals surface area contributed by atoms with Crippen molar-refractivity contribution in [3.8, 4) is 0 Å². The molecule has 0 unspecified atom stereocenters. The van der Waals surface area contributed by atoms with Crippen LogP contribution in [0.25, 0.3) is 0 Å². The molecule has 0 aromatic carbocycles. The SMILES string of the molecule is CCCNCCN(C)c1nc(C(C)C)ns1. The minimum Gasteiger partial charge on any atom is -0.349 e. The van der Waals surface area contributed by atoms with Crippen LogP contribution in [0.1, 0.15) is 38.9 Å². The van der Waals surface area contributed by atoms with Crippen LogP contribution in [0.4, 0.5) is 5.13 Å². The summed E-state index contributed by atoms with van der Waals surface area (Å²) in [5.41, 5.74) is 0. The molecule has 0 aliphatic rings. The van der Waals surface area contributed by atoms with Gasteiger partial charge in [0.1, 0.15) is 5.82 Å². The molecule has 0 amide bonds. The second-order valence-corrected chi connectivity index (χ2v) is 4.99. The van der Waals surface area contributed by atoms with Crippen molar-refractivity contribution in [3.05, 3.63) is 5.82 Å². The van der Waals surface area contributed by atoms with Gasteiger partial charge in [0.2, 0.25) is 5.13 Å². The molecule has 0 spiro atoms. The van der Waals surface area contributed by atoms with E-state index >= 15 is 0 Å². The summed E-state index contributed by atoms with van der Waals surface area (Å²) in [6.45, 7) is 9.48. The van der Waals surface area contributed by atoms with Crippen LogP contribution >= 0.6 is 11.5 Å². The van der Waals surface area contributed by atoms with Crippen molar-refractivity contribution >= 4 is 16.7 Å². The standard InChI is InChI=1S/C11H22N4S/c1-5-6-12-7-8-15(4)11-13-10(9(2)3)14-16-11/h9,12H,5-8H2,1-4H3. The molecule has 1 N–H and O–H groups in total. The van der Waals surface area contributed by atoms with Gasteiger partial charge < -0.3 is 10.2 Å². The fourth-order valence-electron chi connectivity index (χ4n) is 1.26. The van der Waals surface area contributed by atoms with Gasteiger partial charge in [-0.1, -0.05) is 20.8 Å². The van der Waals surface area contributed by atoms with Gasteiger partial charge in [-0.05, 0) is 13.0 Å². The minimum absolute atomic E-state index is 0.414. The molecular weight excluding hydrogens is 220 g/mol. The maximum Gasteiger partial charge on any atom is 0.204 e. The van der Waals surface area contributed by atoms with E-state index in [4.69, 9.17) is 0 Å². The summed E-state index contributed by atoms with van der Waals surface area (Å²) in [5.74, 6) is 1.37. The lowest BCUT2D eigenvalue weighted by Gasteiger charge is -2.15. The van der Waals surface area contributed by atoms with Gasteiger partial charge >= 0.3 is 0 Å². The summed E-state index contributed by atoms with van der Waals surface area (Å²) in [4.78, 5) is 6.67. The summed E-state index contributed by atoms with van der Waals surface area (Å²) in [6.07, 6.45) is 1.18. The minimum atomic E-state index is 0.414. The van der Waals surface area contributed by atoms with Gasteiger partial charge in [0, 0.05) is 37.6 Å². The van der Waals surface area contributed by atoms with Crippen molar-refractivity contribution in [2.45, 2.75) is 33.1 Å². The van der Waals surface area contributed by atoms with E-state index in [9.17, 15) is 0 Å². The predicted octanol–water partition coefficient (Wildman–Crippen LogP) is 2.10. The highest BCUT2D eigenvalue weighted by Crippen LogP contribution is 2.19. The third kappa shape index (κ3) is 4.06. The van der Waals surface area contributed by atoms with Crippen LogP contribution in [0, 0.1) is 0 Å². The molecule has 1 aromatic rings. The Hall–Kier alpha value is -0.680. The summed E-state index contributed by atoms with van der Waals surface area (Å²) < 4.78 is 4.35. The summed E-state index contributed by atoms with van der Waals surface area (Å²) >= 11 is 1.49. The monoisotopic (exact) mass is 242 g/mol. The van der Waals surface area contributed by atoms with Crippen molar-refractivity contribution < 1.29 is 0 Å². The van der Waals surface area contributed by atoms with E-state index in [2.05, 4.69) is 47.4 Å². The Kier molecular flexibility index (Phi) is 5.69. The van der Waals surface area contributed by atoms with Gasteiger partial charge in [-0.15, -0.1) is 0 Å². The maximum atomic E-state index is 4.51. The molecular formula is C11H22N4S. The van der Waals surface area contributed by atoms with Crippen molar-refractivity contribution in [2.75, 3.05) is 31.6 Å². The molecule has 0 saturated carbocycles. The lowest BCUT2D eigenvalue weighted by atomic mass is 10.2. The molecule has 1 aromatic heterocycles. The fourth-order valence-corrected chi connectivity index (χ4v) is 2.05. The Labute approximate surface area is 102 Å². The quantitative estimate of drug-likeness (QED) is 0.743. The Morgan fingerprint density at radius 1 is 1.38 bits per heavy atom. The van der Waals surface area contributed by atoms with Gasteiger partial charge in [0.25, 0.3) is 0 Å². The van der Waals surface area contributed by atoms with E-state index in [-0.39, 0.29) is 0 Å². The van der Waals surface area contributed by atoms with Crippen LogP contribution in [0.15, 0.2) is 0 Å². The third-order valence-electron chi connectivity index (χ3n) is 2.32. The Balaban J connectivity index is 2.37. The Morgan fingerprint density at radius 3 is 2.69 bits per heavy atom. The van der Waals surface area contributed by atoms with Crippen molar-refractivity contribution in [2.24, 2.45) is 0 Å². The molecule has 4 nitrogen and oxygen atoms in total. The molecule has 0 aliphatic carbocycles. The molecule has 92 valence electrons. The smallest absolute Gasteiger partial charge is 0.204 e. The van der Waals surface area contributed by atoms with Crippen LogP contribution in [-0.4, -0.2) is 36.0 Å². The zero-order valence-electron chi connectivity index (χ0n) is 10.7. The first kappa shape index (κ1) is 13.4. The van der Waals surface area contributed by atoms with Crippen molar-refractivity contribution in [1.29, 1.82) is 0 Å². The van der Waals surface area contributed by atoms with E-state index in [1.165, 1.54) is 18.0 Å². The van der Waals surface area contributed by atoms with E-state index in [0.717, 1.165) is 30.6 Å². The molecule has 0 saturated heterocycles. The normalized spacial score (nSPS) is 11.1. The highest BCUT2D eigenvalue weighted by Gasteiger charge is 2.10. The number of hydrogen-bond acceptors (Lipinski definition) is 5. The molecule has 0 atom stereocenters. The van der Waals surface area contributed by atoms with Gasteiger partial charge in [-0.3, -0.25) is 0 Å². The Morgan fingerprint density at radius 2 is 2.12 bits per heavy atom. The highest BCUT2D eigenvalue weighted by molar-refractivity contribution is 7.09. The topological polar surface area (TPSA) is 41.0 Å². The zero-order valence-corrected chi connectivity index (χ0v) is 11.5. The van der Waals surface area contributed by atoms with Gasteiger partial charge in [-0.25, -0.2) is 4.98 Å². The number of anilines is 1. The summed E-state index contributed by atoms with van der Waals surface area (Å²) in [7, 11) is 2.07. The molecule has 0 radical (unpaired) electrons. The van der Waals surface area contributed by atoms with Crippen LogP contribution in [0.3, 0.4) is 0 Å². The van der Waals surface area contributed by atoms with Gasteiger partial charge in [0.05, 0.1) is 0 Å². The largest absolute Gasteiger partial charge is 0.349 e. The second kappa shape index (κ2) is 6.81. The molecule has 5 heteroatoms. The predicted molar refractivity (Wildman–Crippen MR) is 70.4 cm³/mol. The first-order chi connectivity index (χ1) is 7.65. The van der Waals surface area contributed by atoms with Crippen molar-refractivity contribution in [3.63, 3.8) is 0 Å². The summed E-state index contributed by atoms with van der Waals surface area (Å²) in [6, 6.07) is 0. The first-order valence-corrected chi connectivity index (χ1v) is 6.68. The molecule has 1 heterocycles. The van der Waals surface area contributed by atoms with E-state index in [1.54, 1.807) is 0 Å². The average Bonchev–Trinajstić information content (AvgIpc) is 2.73. The van der Waals surface area contributed by atoms with Gasteiger partial charge in [0.15, 0.2) is 0 Å². The number of hydrogen-bond donors (Lipinski definition) is 1. The molecule has 1 rings (SSSR count). The number of rotatable bonds is 7. The fraction of sp³-hybridized carbons (Fsp3) is 0.818. The lowest BCUT2D eigenvalue weighted by molar-refractivity contribution is 0.665. The second-order valence-electron chi connectivity index (χ2n) is 4.26. The summed E-state index contributed by atoms with van der Waals surface area (Å²) in [5, 5.41) is 4.40. The molecule has 16 heavy (non-hydrogen) atoms. The molecule has 0 fully saturated rings. The molecule has 0 bridgehead atoms. The highest BCUT2D eigenvalue weighted by atomic mass is 32.1. The van der Waals surface area contributed by atoms with Crippen LogP contribution in [0.5, 0.6) is 0 Å². The van der Waals surface area contributed by atoms with Gasteiger partial charge in [-0.2, -0.15) is 4.37 Å². The number of aromatic nitrogens is 2. The van der Waals surface area contributed by atoms with Crippen molar-refractivity contribution in [1.82, 2.24) is 14.7 Å². The van der Waals surface area contributed by atoms with Crippen LogP contribution in [0.2, 0.25) is 0 Å². The number of nitrogens with one attached hydrogen (secondary N) is 1. The number of likely N-dealkylation sites (N-methyl/N-ethyl adjacent to an activating group) is 1. The Bertz CT molecular complexity index is 298. The first-order valence-electron chi connectivity index (χ1n) is 5.90. The van der Waals surface area contributed by atoms with E-state index in [0.29, 0.717) is 5.92 Å². The average molecular weight is 242 g/mol. The van der Waals surface area contributed by atoms with Crippen LogP contribution < -0.4 is 10.2 Å². The van der Waals surface area contributed by atoms with E-state index < -0.39 is 0 Å². The molecule has 0 aliphatic heterocycles. The maximum absolute atomic E-state index is 4.51. The number of nitrogens with zero attached hydrogens (tertiary/aromatic N) is 3. The lowest BCUT2D eigenvalue weighted by Crippen LogP contribution is -2.29. The zero-order chi connectivity index (χ0) is 12.0. The third-order valence-corrected chi connectivity index (χ3v) is 3.17. The van der Waals surface area contributed by atoms with Crippen LogP contribution in [-0.2, 0) is 0 Å².